The molecule has 0 aliphatic rings. The predicted molar refractivity (Wildman–Crippen MR) is 222 cm³/mol. The van der Waals surface area contributed by atoms with Crippen molar-refractivity contribution in [1.29, 1.82) is 0 Å². The summed E-state index contributed by atoms with van der Waals surface area (Å²) in [4.78, 5) is 72.0. The standard InChI is InChI=1S/C38H49F2N7O9S.C2H6O2/c1-38(2,3)33(29-13-22(24-14-23(39)9-10-25(24)40)19-47(29)18-21-7-5-4-6-8-21)43-12-11-26(41)34(51)46-28(37(55)56)16-44-31(48)17-45-35(52)30(15-32(49)50)57-20-27(42)36(53)54;3-1-2-4/h4-10,13-14,19,26-28,30,33,43H,11-12,15-18,20,41-42H2,1-3H3,(H,44,48)(H,45,52)(H,46,51)(H,49,50)(H,53,54)(H,55,56);3-4H,1-2H2/t26-,27-,28+,30?,33-;/m0./s1. The second kappa shape index (κ2) is 25.4. The molecule has 13 N–H and O–H groups in total. The molecule has 3 amide bonds. The number of aliphatic hydroxyl groups excluding tert-OH is 2. The molecule has 0 bridgehead atoms. The normalized spacial score (nSPS) is 13.7. The Kier molecular flexibility index (Phi) is 21.5. The van der Waals surface area contributed by atoms with E-state index in [0.29, 0.717) is 23.9 Å². The molecule has 3 rings (SSSR count). The number of benzene rings is 2. The van der Waals surface area contributed by atoms with Gasteiger partial charge in [-0.1, -0.05) is 51.1 Å². The number of amides is 3. The molecular formula is C40H55F2N7O11S. The Balaban J connectivity index is 0.00000306. The van der Waals surface area contributed by atoms with Gasteiger partial charge >= 0.3 is 17.9 Å². The van der Waals surface area contributed by atoms with Crippen molar-refractivity contribution in [3.8, 4) is 11.1 Å². The van der Waals surface area contributed by atoms with E-state index in [4.69, 9.17) is 31.9 Å². The lowest BCUT2D eigenvalue weighted by Gasteiger charge is -2.33. The molecule has 0 aliphatic carbocycles. The molecule has 3 aromatic rings. The fourth-order valence-corrected chi connectivity index (χ4v) is 6.72. The zero-order chi connectivity index (χ0) is 45.9. The first-order chi connectivity index (χ1) is 28.7. The van der Waals surface area contributed by atoms with Gasteiger partial charge in [-0.25, -0.2) is 13.6 Å². The molecule has 1 unspecified atom stereocenters. The minimum atomic E-state index is -1.60. The van der Waals surface area contributed by atoms with Crippen LogP contribution in [0.25, 0.3) is 11.1 Å². The van der Waals surface area contributed by atoms with Gasteiger partial charge in [0.2, 0.25) is 17.7 Å². The van der Waals surface area contributed by atoms with Gasteiger partial charge in [0, 0.05) is 41.9 Å². The van der Waals surface area contributed by atoms with E-state index in [1.165, 1.54) is 0 Å². The number of carbonyl (C=O) groups is 6. The fraction of sp³-hybridized carbons (Fsp3) is 0.450. The van der Waals surface area contributed by atoms with Gasteiger partial charge in [-0.3, -0.25) is 24.0 Å². The molecule has 1 aromatic heterocycles. The number of halogens is 2. The number of aliphatic carboxylic acids is 3. The molecule has 0 saturated carbocycles. The van der Waals surface area contributed by atoms with Crippen LogP contribution in [0.4, 0.5) is 8.78 Å². The maximum absolute atomic E-state index is 14.9. The summed E-state index contributed by atoms with van der Waals surface area (Å²) < 4.78 is 31.0. The largest absolute Gasteiger partial charge is 0.481 e. The molecule has 21 heteroatoms. The van der Waals surface area contributed by atoms with Gasteiger partial charge in [0.25, 0.3) is 0 Å². The summed E-state index contributed by atoms with van der Waals surface area (Å²) in [6.45, 7) is 5.08. The van der Waals surface area contributed by atoms with Crippen molar-refractivity contribution in [3.63, 3.8) is 0 Å². The molecule has 0 fully saturated rings. The Bertz CT molecular complexity index is 1930. The van der Waals surface area contributed by atoms with E-state index in [1.54, 1.807) is 12.3 Å². The van der Waals surface area contributed by atoms with Gasteiger partial charge in [-0.05, 0) is 48.2 Å². The average Bonchev–Trinajstić information content (AvgIpc) is 3.61. The monoisotopic (exact) mass is 879 g/mol. The number of aliphatic hydroxyl groups is 2. The van der Waals surface area contributed by atoms with Crippen molar-refractivity contribution >= 4 is 47.4 Å². The predicted octanol–water partition coefficient (Wildman–Crippen LogP) is 0.637. The lowest BCUT2D eigenvalue weighted by molar-refractivity contribution is -0.142. The number of aromatic nitrogens is 1. The minimum Gasteiger partial charge on any atom is -0.481 e. The van der Waals surface area contributed by atoms with Crippen LogP contribution in [0.5, 0.6) is 0 Å². The van der Waals surface area contributed by atoms with Gasteiger partial charge < -0.3 is 62.8 Å². The smallest absolute Gasteiger partial charge is 0.328 e. The number of nitrogens with zero attached hydrogens (tertiary/aromatic N) is 1. The van der Waals surface area contributed by atoms with Gasteiger partial charge in [0.15, 0.2) is 0 Å². The second-order valence-corrected chi connectivity index (χ2v) is 16.0. The molecule has 0 radical (unpaired) electrons. The quantitative estimate of drug-likeness (QED) is 0.0623. The lowest BCUT2D eigenvalue weighted by Crippen LogP contribution is -2.54. The van der Waals surface area contributed by atoms with E-state index in [9.17, 15) is 42.7 Å². The third-order valence-corrected chi connectivity index (χ3v) is 10.1. The highest BCUT2D eigenvalue weighted by Crippen LogP contribution is 2.37. The van der Waals surface area contributed by atoms with Gasteiger partial charge in [0.1, 0.15) is 23.7 Å². The van der Waals surface area contributed by atoms with Crippen LogP contribution in [-0.4, -0.2) is 128 Å². The summed E-state index contributed by atoms with van der Waals surface area (Å²) >= 11 is 0.689. The van der Waals surface area contributed by atoms with Crippen LogP contribution >= 0.6 is 11.8 Å². The summed E-state index contributed by atoms with van der Waals surface area (Å²) in [6.07, 6.45) is 1.14. The summed E-state index contributed by atoms with van der Waals surface area (Å²) in [6, 6.07) is 10.1. The molecule has 0 aliphatic heterocycles. The number of hydrogen-bond donors (Lipinski definition) is 11. The first-order valence-corrected chi connectivity index (χ1v) is 20.0. The molecule has 336 valence electrons. The summed E-state index contributed by atoms with van der Waals surface area (Å²) in [5, 5.41) is 51.9. The molecule has 0 spiro atoms. The van der Waals surface area contributed by atoms with E-state index in [-0.39, 0.29) is 43.5 Å². The fourth-order valence-electron chi connectivity index (χ4n) is 5.64. The highest BCUT2D eigenvalue weighted by molar-refractivity contribution is 8.00. The molecule has 0 saturated heterocycles. The Morgan fingerprint density at radius 1 is 0.852 bits per heavy atom. The average molecular weight is 880 g/mol. The van der Waals surface area contributed by atoms with Gasteiger partial charge in [-0.2, -0.15) is 0 Å². The van der Waals surface area contributed by atoms with Crippen LogP contribution in [-0.2, 0) is 35.3 Å². The molecular weight excluding hydrogens is 825 g/mol. The number of carboxylic acid groups (broad SMARTS) is 3. The first kappa shape index (κ1) is 51.7. The first-order valence-electron chi connectivity index (χ1n) is 19.0. The Morgan fingerprint density at radius 3 is 2.08 bits per heavy atom. The maximum atomic E-state index is 14.9. The summed E-state index contributed by atoms with van der Waals surface area (Å²) in [5.74, 6) is -8.16. The SMILES string of the molecule is CC(C)(C)[C@@H](NCC[C@H](N)C(=O)N[C@H](CNC(=O)CNC(=O)C(CC(=O)O)SC[C@H](N)C(=O)O)C(=O)O)c1cc(-c2cc(F)ccc2F)cn1Cc1ccccc1.OCCO. The third kappa shape index (κ3) is 18.0. The second-order valence-electron chi connectivity index (χ2n) is 14.8. The summed E-state index contributed by atoms with van der Waals surface area (Å²) in [7, 11) is 0. The highest BCUT2D eigenvalue weighted by atomic mass is 32.2. The number of hydrogen-bond acceptors (Lipinski definition) is 12. The van der Waals surface area contributed by atoms with Crippen molar-refractivity contribution in [2.24, 2.45) is 16.9 Å². The van der Waals surface area contributed by atoms with Crippen molar-refractivity contribution in [1.82, 2.24) is 25.8 Å². The van der Waals surface area contributed by atoms with Crippen molar-refractivity contribution in [3.05, 3.63) is 83.7 Å². The van der Waals surface area contributed by atoms with E-state index >= 15 is 0 Å². The van der Waals surface area contributed by atoms with Crippen molar-refractivity contribution in [2.45, 2.75) is 69.6 Å². The molecule has 2 aromatic carbocycles. The lowest BCUT2D eigenvalue weighted by atomic mass is 9.84. The van der Waals surface area contributed by atoms with Gasteiger partial charge in [-0.15, -0.1) is 11.8 Å². The molecule has 5 atom stereocenters. The van der Waals surface area contributed by atoms with E-state index < -0.39 is 95.6 Å². The van der Waals surface area contributed by atoms with Crippen LogP contribution < -0.4 is 32.7 Å². The third-order valence-electron chi connectivity index (χ3n) is 8.76. The highest BCUT2D eigenvalue weighted by Gasteiger charge is 2.31. The Labute approximate surface area is 355 Å². The number of carbonyl (C=O) groups excluding carboxylic acids is 3. The van der Waals surface area contributed by atoms with E-state index in [1.807, 2.05) is 55.7 Å². The van der Waals surface area contributed by atoms with Crippen LogP contribution in [0.1, 0.15) is 50.9 Å². The van der Waals surface area contributed by atoms with Crippen molar-refractivity contribution in [2.75, 3.05) is 38.6 Å². The zero-order valence-corrected chi connectivity index (χ0v) is 34.8. The van der Waals surface area contributed by atoms with Crippen molar-refractivity contribution < 1.29 is 63.1 Å². The number of nitrogens with two attached hydrogens (primary N) is 2. The maximum Gasteiger partial charge on any atom is 0.328 e. The van der Waals surface area contributed by atoms with E-state index in [2.05, 4.69) is 21.3 Å². The van der Waals surface area contributed by atoms with E-state index in [0.717, 1.165) is 29.5 Å². The van der Waals surface area contributed by atoms with Crippen LogP contribution in [0.2, 0.25) is 0 Å². The van der Waals surface area contributed by atoms with Crippen LogP contribution in [0.15, 0.2) is 60.8 Å². The topological polar surface area (TPSA) is 309 Å². The number of thioether (sulfide) groups is 1. The molecule has 18 nitrogen and oxygen atoms in total. The number of carboxylic acids is 3. The zero-order valence-electron chi connectivity index (χ0n) is 34.0. The summed E-state index contributed by atoms with van der Waals surface area (Å²) in [5.41, 5.74) is 13.4. The number of rotatable bonds is 23. The number of nitrogens with one attached hydrogen (secondary N) is 4. The molecule has 61 heavy (non-hydrogen) atoms. The van der Waals surface area contributed by atoms with Gasteiger partial charge in [0.05, 0.1) is 43.5 Å². The Hall–Kier alpha value is -5.45. The van der Waals surface area contributed by atoms with Crippen LogP contribution in [0, 0.1) is 17.0 Å². The van der Waals surface area contributed by atoms with Crippen LogP contribution in [0.3, 0.4) is 0 Å². The Morgan fingerprint density at radius 2 is 1.51 bits per heavy atom. The minimum absolute atomic E-state index is 0.0564. The molecule has 1 heterocycles.